The molecule has 0 saturated carbocycles. The zero-order valence-corrected chi connectivity index (χ0v) is 12.1. The molecule has 0 aliphatic carbocycles. The van der Waals surface area contributed by atoms with E-state index >= 15 is 0 Å². The molecule has 0 aliphatic rings. The van der Waals surface area contributed by atoms with Gasteiger partial charge < -0.3 is 10.0 Å². The Labute approximate surface area is 116 Å². The summed E-state index contributed by atoms with van der Waals surface area (Å²) in [5, 5.41) is 11.0. The maximum Gasteiger partial charge on any atom is 0.354 e. The van der Waals surface area contributed by atoms with Gasteiger partial charge in [-0.25, -0.2) is 14.8 Å². The van der Waals surface area contributed by atoms with Crippen LogP contribution < -0.4 is 4.90 Å². The van der Waals surface area contributed by atoms with Crippen molar-refractivity contribution in [1.29, 1.82) is 0 Å². The molecule has 0 unspecified atom stereocenters. The van der Waals surface area contributed by atoms with Crippen molar-refractivity contribution >= 4 is 39.1 Å². The molecule has 7 heteroatoms. The summed E-state index contributed by atoms with van der Waals surface area (Å²) in [6.07, 6.45) is 0. The third kappa shape index (κ3) is 2.68. The molecule has 0 saturated heterocycles. The van der Waals surface area contributed by atoms with Gasteiger partial charge in [0.25, 0.3) is 0 Å². The van der Waals surface area contributed by atoms with Crippen molar-refractivity contribution in [2.45, 2.75) is 0 Å². The van der Waals surface area contributed by atoms with Crippen molar-refractivity contribution < 1.29 is 9.90 Å². The molecule has 0 amide bonds. The van der Waals surface area contributed by atoms with E-state index in [1.165, 1.54) is 17.4 Å². The van der Waals surface area contributed by atoms with E-state index in [0.29, 0.717) is 11.6 Å². The van der Waals surface area contributed by atoms with Gasteiger partial charge in [-0.2, -0.15) is 0 Å². The minimum absolute atomic E-state index is 0.00628. The van der Waals surface area contributed by atoms with Crippen LogP contribution in [-0.4, -0.2) is 35.1 Å². The Morgan fingerprint density at radius 1 is 1.39 bits per heavy atom. The number of carboxylic acid groups (broad SMARTS) is 1. The third-order valence-corrected chi connectivity index (χ3v) is 3.86. The standard InChI is InChI=1S/C11H10BrN3O2S/c1-15(2)9-4-7(11(16)17)13-10(14-9)8-3-6(12)5-18-8/h3-5H,1-2H3,(H,16,17). The lowest BCUT2D eigenvalue weighted by atomic mass is 10.3. The van der Waals surface area contributed by atoms with E-state index in [9.17, 15) is 4.79 Å². The molecule has 2 rings (SSSR count). The van der Waals surface area contributed by atoms with Gasteiger partial charge in [-0.1, -0.05) is 0 Å². The predicted octanol–water partition coefficient (Wildman–Crippen LogP) is 2.73. The molecule has 0 bridgehead atoms. The van der Waals surface area contributed by atoms with Crippen LogP contribution in [0.1, 0.15) is 10.5 Å². The fourth-order valence-corrected chi connectivity index (χ4v) is 2.67. The largest absolute Gasteiger partial charge is 0.477 e. The van der Waals surface area contributed by atoms with E-state index < -0.39 is 5.97 Å². The van der Waals surface area contributed by atoms with Crippen LogP contribution in [0.2, 0.25) is 0 Å². The fraction of sp³-hybridized carbons (Fsp3) is 0.182. The van der Waals surface area contributed by atoms with E-state index in [0.717, 1.165) is 9.35 Å². The normalized spacial score (nSPS) is 10.4. The molecule has 18 heavy (non-hydrogen) atoms. The number of aromatic carboxylic acids is 1. The minimum Gasteiger partial charge on any atom is -0.477 e. The summed E-state index contributed by atoms with van der Waals surface area (Å²) in [6, 6.07) is 3.32. The fourth-order valence-electron chi connectivity index (χ4n) is 1.31. The second-order valence-electron chi connectivity index (χ2n) is 3.76. The number of thiophene rings is 1. The Morgan fingerprint density at radius 2 is 2.11 bits per heavy atom. The van der Waals surface area contributed by atoms with Gasteiger partial charge in [-0.3, -0.25) is 0 Å². The highest BCUT2D eigenvalue weighted by atomic mass is 79.9. The Kier molecular flexibility index (Phi) is 3.63. The highest BCUT2D eigenvalue weighted by Gasteiger charge is 2.13. The second kappa shape index (κ2) is 5.03. The van der Waals surface area contributed by atoms with E-state index in [1.807, 2.05) is 25.5 Å². The van der Waals surface area contributed by atoms with Gasteiger partial charge in [-0.05, 0) is 22.0 Å². The lowest BCUT2D eigenvalue weighted by molar-refractivity contribution is 0.0690. The zero-order valence-electron chi connectivity index (χ0n) is 9.72. The van der Waals surface area contributed by atoms with Gasteiger partial charge in [0.05, 0.1) is 4.88 Å². The summed E-state index contributed by atoms with van der Waals surface area (Å²) < 4.78 is 0.929. The summed E-state index contributed by atoms with van der Waals surface area (Å²) in [6.45, 7) is 0. The van der Waals surface area contributed by atoms with Crippen molar-refractivity contribution in [3.05, 3.63) is 27.7 Å². The second-order valence-corrected chi connectivity index (χ2v) is 5.59. The van der Waals surface area contributed by atoms with Crippen LogP contribution in [0, 0.1) is 0 Å². The van der Waals surface area contributed by atoms with E-state index in [2.05, 4.69) is 25.9 Å². The topological polar surface area (TPSA) is 66.3 Å². The number of hydrogen-bond donors (Lipinski definition) is 1. The molecule has 0 fully saturated rings. The molecule has 2 aromatic heterocycles. The molecular formula is C11H10BrN3O2S. The van der Waals surface area contributed by atoms with Gasteiger partial charge in [0.15, 0.2) is 11.5 Å². The Hall–Kier alpha value is -1.47. The summed E-state index contributed by atoms with van der Waals surface area (Å²) >= 11 is 4.81. The number of rotatable bonds is 3. The molecule has 0 spiro atoms. The molecule has 94 valence electrons. The van der Waals surface area contributed by atoms with Crippen molar-refractivity contribution in [2.24, 2.45) is 0 Å². The summed E-state index contributed by atoms with van der Waals surface area (Å²) in [4.78, 5) is 22.0. The summed E-state index contributed by atoms with van der Waals surface area (Å²) in [7, 11) is 3.62. The maximum atomic E-state index is 11.0. The van der Waals surface area contributed by atoms with Crippen molar-refractivity contribution in [3.8, 4) is 10.7 Å². The number of aromatic nitrogens is 2. The van der Waals surface area contributed by atoms with Gasteiger partial charge in [-0.15, -0.1) is 11.3 Å². The highest BCUT2D eigenvalue weighted by Crippen LogP contribution is 2.28. The summed E-state index contributed by atoms with van der Waals surface area (Å²) in [5.74, 6) is -0.0615. The van der Waals surface area contributed by atoms with Crippen molar-refractivity contribution in [1.82, 2.24) is 9.97 Å². The Balaban J connectivity index is 2.56. The molecule has 2 heterocycles. The maximum absolute atomic E-state index is 11.0. The molecule has 1 N–H and O–H groups in total. The lowest BCUT2D eigenvalue weighted by Crippen LogP contribution is -2.13. The first-order chi connectivity index (χ1) is 8.47. The molecule has 5 nitrogen and oxygen atoms in total. The van der Waals surface area contributed by atoms with Gasteiger partial charge >= 0.3 is 5.97 Å². The Morgan fingerprint density at radius 3 is 2.61 bits per heavy atom. The van der Waals surface area contributed by atoms with Crippen molar-refractivity contribution in [2.75, 3.05) is 19.0 Å². The van der Waals surface area contributed by atoms with Gasteiger partial charge in [0.1, 0.15) is 5.82 Å². The van der Waals surface area contributed by atoms with Crippen LogP contribution >= 0.6 is 27.3 Å². The number of carbonyl (C=O) groups is 1. The van der Waals surface area contributed by atoms with Crippen LogP contribution in [-0.2, 0) is 0 Å². The molecule has 0 radical (unpaired) electrons. The number of hydrogen-bond acceptors (Lipinski definition) is 5. The molecule has 0 aliphatic heterocycles. The van der Waals surface area contributed by atoms with E-state index in [-0.39, 0.29) is 5.69 Å². The van der Waals surface area contributed by atoms with Gasteiger partial charge in [0, 0.05) is 30.0 Å². The van der Waals surface area contributed by atoms with Crippen LogP contribution in [0.25, 0.3) is 10.7 Å². The SMILES string of the molecule is CN(C)c1cc(C(=O)O)nc(-c2cc(Br)cs2)n1. The predicted molar refractivity (Wildman–Crippen MR) is 74.3 cm³/mol. The van der Waals surface area contributed by atoms with Crippen LogP contribution in [0.5, 0.6) is 0 Å². The van der Waals surface area contributed by atoms with E-state index in [4.69, 9.17) is 5.11 Å². The van der Waals surface area contributed by atoms with Crippen LogP contribution in [0.15, 0.2) is 22.0 Å². The zero-order chi connectivity index (χ0) is 13.3. The first-order valence-corrected chi connectivity index (χ1v) is 6.69. The average Bonchev–Trinajstić information content (AvgIpc) is 2.75. The van der Waals surface area contributed by atoms with Crippen LogP contribution in [0.4, 0.5) is 5.82 Å². The molecule has 0 aromatic carbocycles. The number of halogens is 1. The quantitative estimate of drug-likeness (QED) is 0.938. The molecular weight excluding hydrogens is 318 g/mol. The van der Waals surface area contributed by atoms with E-state index in [1.54, 1.807) is 4.90 Å². The Bertz CT molecular complexity index is 598. The monoisotopic (exact) mass is 327 g/mol. The molecule has 0 atom stereocenters. The van der Waals surface area contributed by atoms with Crippen molar-refractivity contribution in [3.63, 3.8) is 0 Å². The lowest BCUT2D eigenvalue weighted by Gasteiger charge is -2.12. The highest BCUT2D eigenvalue weighted by molar-refractivity contribution is 9.10. The first kappa shape index (κ1) is 13.0. The first-order valence-electron chi connectivity index (χ1n) is 5.01. The number of nitrogens with zero attached hydrogens (tertiary/aromatic N) is 3. The summed E-state index contributed by atoms with van der Waals surface area (Å²) in [5.41, 5.74) is -0.00628. The average molecular weight is 328 g/mol. The minimum atomic E-state index is -1.06. The number of anilines is 1. The third-order valence-electron chi connectivity index (χ3n) is 2.18. The molecule has 2 aromatic rings. The smallest absolute Gasteiger partial charge is 0.354 e. The number of carboxylic acids is 1. The van der Waals surface area contributed by atoms with Gasteiger partial charge in [0.2, 0.25) is 0 Å². The van der Waals surface area contributed by atoms with Crippen LogP contribution in [0.3, 0.4) is 0 Å².